The minimum absolute atomic E-state index is 0.144. The third-order valence-electron chi connectivity index (χ3n) is 5.68. The first-order valence-corrected chi connectivity index (χ1v) is 12.7. The first kappa shape index (κ1) is 21.6. The largest absolute Gasteiger partial charge is 0.464 e. The lowest BCUT2D eigenvalue weighted by Gasteiger charge is -2.16. The zero-order valence-corrected chi connectivity index (χ0v) is 20.1. The van der Waals surface area contributed by atoms with Gasteiger partial charge < -0.3 is 9.40 Å². The molecule has 0 saturated heterocycles. The standard InChI is InChI=1S/C26H18N4O3S2/c1-15(22-28-23(31)21-18(14-34-24(21)29-22)20-12-7-13-33-20)35-26-27-19-11-6-5-10-17(19)25(32)30(26)16-8-3-2-4-9-16/h2-15H,1H3,(H,28,29,31). The van der Waals surface area contributed by atoms with E-state index in [1.54, 1.807) is 23.0 Å². The molecule has 0 aliphatic carbocycles. The fourth-order valence-electron chi connectivity index (χ4n) is 3.98. The van der Waals surface area contributed by atoms with Crippen LogP contribution in [-0.4, -0.2) is 19.5 Å². The Morgan fingerprint density at radius 1 is 1.00 bits per heavy atom. The molecule has 35 heavy (non-hydrogen) atoms. The Bertz CT molecular complexity index is 1790. The van der Waals surface area contributed by atoms with Gasteiger partial charge in [-0.2, -0.15) is 0 Å². The number of nitrogens with zero attached hydrogens (tertiary/aromatic N) is 3. The SMILES string of the molecule is CC(Sc1nc2ccccc2c(=O)n1-c1ccccc1)c1nc2scc(-c3ccco3)c2c(=O)[nH]1. The summed E-state index contributed by atoms with van der Waals surface area (Å²) in [7, 11) is 0. The van der Waals surface area contributed by atoms with Gasteiger partial charge in [0.2, 0.25) is 0 Å². The van der Waals surface area contributed by atoms with Gasteiger partial charge in [-0.05, 0) is 43.3 Å². The molecule has 9 heteroatoms. The summed E-state index contributed by atoms with van der Waals surface area (Å²) in [5, 5.41) is 3.19. The van der Waals surface area contributed by atoms with Crippen molar-refractivity contribution in [3.8, 4) is 17.0 Å². The molecule has 0 saturated carbocycles. The first-order valence-electron chi connectivity index (χ1n) is 10.9. The number of hydrogen-bond donors (Lipinski definition) is 1. The normalized spacial score (nSPS) is 12.4. The highest BCUT2D eigenvalue weighted by Gasteiger charge is 2.21. The predicted octanol–water partition coefficient (Wildman–Crippen LogP) is 5.80. The Labute approximate surface area is 207 Å². The minimum Gasteiger partial charge on any atom is -0.464 e. The predicted molar refractivity (Wildman–Crippen MR) is 140 cm³/mol. The summed E-state index contributed by atoms with van der Waals surface area (Å²) in [6, 6.07) is 20.3. The van der Waals surface area contributed by atoms with Crippen molar-refractivity contribution in [3.05, 3.63) is 105 Å². The highest BCUT2D eigenvalue weighted by molar-refractivity contribution is 7.99. The van der Waals surface area contributed by atoms with Crippen LogP contribution in [0, 0.1) is 0 Å². The fourth-order valence-corrected chi connectivity index (χ4v) is 5.90. The highest BCUT2D eigenvalue weighted by atomic mass is 32.2. The van der Waals surface area contributed by atoms with Gasteiger partial charge >= 0.3 is 0 Å². The Morgan fingerprint density at radius 2 is 1.80 bits per heavy atom. The molecule has 6 aromatic rings. The lowest BCUT2D eigenvalue weighted by atomic mass is 10.2. The zero-order chi connectivity index (χ0) is 23.9. The minimum atomic E-state index is -0.274. The number of H-pyrrole nitrogens is 1. The van der Waals surface area contributed by atoms with Crippen molar-refractivity contribution in [1.82, 2.24) is 19.5 Å². The third kappa shape index (κ3) is 3.78. The summed E-state index contributed by atoms with van der Waals surface area (Å²) in [5.41, 5.74) is 1.71. The topological polar surface area (TPSA) is 93.8 Å². The number of hydrogen-bond acceptors (Lipinski definition) is 7. The van der Waals surface area contributed by atoms with Gasteiger partial charge in [-0.15, -0.1) is 11.3 Å². The van der Waals surface area contributed by atoms with Crippen molar-refractivity contribution < 1.29 is 4.42 Å². The number of rotatable bonds is 5. The van der Waals surface area contributed by atoms with E-state index in [4.69, 9.17) is 14.4 Å². The number of nitrogens with one attached hydrogen (secondary N) is 1. The number of aromatic nitrogens is 4. The Balaban J connectivity index is 1.45. The van der Waals surface area contributed by atoms with Crippen LogP contribution in [-0.2, 0) is 0 Å². The van der Waals surface area contributed by atoms with Crippen LogP contribution < -0.4 is 11.1 Å². The molecular formula is C26H18N4O3S2. The van der Waals surface area contributed by atoms with Crippen LogP contribution >= 0.6 is 23.1 Å². The van der Waals surface area contributed by atoms with Gasteiger partial charge in [0.05, 0.1) is 33.5 Å². The van der Waals surface area contributed by atoms with E-state index in [-0.39, 0.29) is 16.4 Å². The molecule has 0 spiro atoms. The number of benzene rings is 2. The fraction of sp³-hybridized carbons (Fsp3) is 0.0769. The number of aromatic amines is 1. The highest BCUT2D eigenvalue weighted by Crippen LogP contribution is 2.35. The number of fused-ring (bicyclic) bond motifs is 2. The monoisotopic (exact) mass is 498 g/mol. The maximum absolute atomic E-state index is 13.4. The summed E-state index contributed by atoms with van der Waals surface area (Å²) in [4.78, 5) is 39.6. The summed E-state index contributed by atoms with van der Waals surface area (Å²) < 4.78 is 7.09. The molecule has 0 fully saturated rings. The van der Waals surface area contributed by atoms with Crippen molar-refractivity contribution in [2.45, 2.75) is 17.3 Å². The number of thioether (sulfide) groups is 1. The van der Waals surface area contributed by atoms with E-state index in [9.17, 15) is 9.59 Å². The Morgan fingerprint density at radius 3 is 2.60 bits per heavy atom. The first-order chi connectivity index (χ1) is 17.1. The van der Waals surface area contributed by atoms with E-state index in [0.717, 1.165) is 11.3 Å². The van der Waals surface area contributed by atoms with Crippen molar-refractivity contribution in [3.63, 3.8) is 0 Å². The van der Waals surface area contributed by atoms with E-state index in [1.165, 1.54) is 23.1 Å². The average Bonchev–Trinajstić information content (AvgIpc) is 3.55. The van der Waals surface area contributed by atoms with E-state index < -0.39 is 0 Å². The quantitative estimate of drug-likeness (QED) is 0.239. The number of para-hydroxylation sites is 2. The zero-order valence-electron chi connectivity index (χ0n) is 18.5. The molecule has 2 aromatic carbocycles. The van der Waals surface area contributed by atoms with Crippen LogP contribution in [0.4, 0.5) is 0 Å². The van der Waals surface area contributed by atoms with Crippen LogP contribution in [0.1, 0.15) is 18.0 Å². The molecule has 0 aliphatic rings. The van der Waals surface area contributed by atoms with Gasteiger partial charge in [0.15, 0.2) is 5.16 Å². The molecule has 0 aliphatic heterocycles. The lowest BCUT2D eigenvalue weighted by Crippen LogP contribution is -2.22. The molecule has 4 aromatic heterocycles. The molecule has 6 rings (SSSR count). The summed E-state index contributed by atoms with van der Waals surface area (Å²) >= 11 is 2.77. The molecular weight excluding hydrogens is 480 g/mol. The lowest BCUT2D eigenvalue weighted by molar-refractivity contribution is 0.583. The van der Waals surface area contributed by atoms with E-state index in [2.05, 4.69) is 4.98 Å². The van der Waals surface area contributed by atoms with Crippen molar-refractivity contribution in [1.29, 1.82) is 0 Å². The van der Waals surface area contributed by atoms with Gasteiger partial charge in [-0.25, -0.2) is 9.97 Å². The molecule has 172 valence electrons. The smallest absolute Gasteiger partial charge is 0.266 e. The van der Waals surface area contributed by atoms with E-state index in [0.29, 0.717) is 37.9 Å². The summed E-state index contributed by atoms with van der Waals surface area (Å²) in [5.74, 6) is 1.15. The molecule has 0 amide bonds. The van der Waals surface area contributed by atoms with Crippen LogP contribution in [0.5, 0.6) is 0 Å². The number of furan rings is 1. The van der Waals surface area contributed by atoms with Crippen molar-refractivity contribution >= 4 is 44.2 Å². The molecule has 0 bridgehead atoms. The Kier molecular flexibility index (Phi) is 5.35. The van der Waals surface area contributed by atoms with Crippen LogP contribution in [0.15, 0.2) is 97.5 Å². The maximum atomic E-state index is 13.4. The maximum Gasteiger partial charge on any atom is 0.266 e. The molecule has 1 N–H and O–H groups in total. The van der Waals surface area contributed by atoms with Gasteiger partial charge in [0.25, 0.3) is 11.1 Å². The molecule has 4 heterocycles. The summed E-state index contributed by atoms with van der Waals surface area (Å²) in [6.07, 6.45) is 1.58. The van der Waals surface area contributed by atoms with Crippen molar-refractivity contribution in [2.75, 3.05) is 0 Å². The molecule has 1 unspecified atom stereocenters. The van der Waals surface area contributed by atoms with E-state index in [1.807, 2.05) is 66.9 Å². The second-order valence-electron chi connectivity index (χ2n) is 7.91. The van der Waals surface area contributed by atoms with Gasteiger partial charge in [-0.3, -0.25) is 14.2 Å². The van der Waals surface area contributed by atoms with Crippen LogP contribution in [0.2, 0.25) is 0 Å². The van der Waals surface area contributed by atoms with Crippen molar-refractivity contribution in [2.24, 2.45) is 0 Å². The molecule has 7 nitrogen and oxygen atoms in total. The van der Waals surface area contributed by atoms with Gasteiger partial charge in [0, 0.05) is 10.9 Å². The molecule has 1 atom stereocenters. The number of thiophene rings is 1. The van der Waals surface area contributed by atoms with E-state index >= 15 is 0 Å². The van der Waals surface area contributed by atoms with Crippen LogP contribution in [0.25, 0.3) is 38.1 Å². The Hall–Kier alpha value is -3.95. The van der Waals surface area contributed by atoms with Crippen LogP contribution in [0.3, 0.4) is 0 Å². The average molecular weight is 499 g/mol. The van der Waals surface area contributed by atoms with Gasteiger partial charge in [0.1, 0.15) is 16.4 Å². The molecule has 0 radical (unpaired) electrons. The summed E-state index contributed by atoms with van der Waals surface area (Å²) in [6.45, 7) is 1.94. The van der Waals surface area contributed by atoms with Gasteiger partial charge in [-0.1, -0.05) is 42.1 Å². The third-order valence-corrected chi connectivity index (χ3v) is 7.61. The second kappa shape index (κ2) is 8.68. The second-order valence-corrected chi connectivity index (χ2v) is 10.1.